The van der Waals surface area contributed by atoms with E-state index in [4.69, 9.17) is 11.5 Å². The molecule has 2 aromatic carbocycles. The lowest BCUT2D eigenvalue weighted by molar-refractivity contribution is -0.274. The van der Waals surface area contributed by atoms with Crippen molar-refractivity contribution in [3.8, 4) is 5.75 Å². The van der Waals surface area contributed by atoms with Crippen LogP contribution < -0.4 is 16.2 Å². The zero-order valence-corrected chi connectivity index (χ0v) is 13.0. The maximum atomic E-state index is 12.3. The first kappa shape index (κ1) is 18.3. The Morgan fingerprint density at radius 3 is 2.16 bits per heavy atom. The summed E-state index contributed by atoms with van der Waals surface area (Å²) in [5.41, 5.74) is 11.9. The van der Waals surface area contributed by atoms with Crippen LogP contribution in [0.25, 0.3) is 0 Å². The number of guanidine groups is 1. The van der Waals surface area contributed by atoms with Crippen molar-refractivity contribution in [3.05, 3.63) is 65.7 Å². The van der Waals surface area contributed by atoms with E-state index < -0.39 is 18.2 Å². The topological polar surface area (TPSA) is 90.7 Å². The second kappa shape index (κ2) is 7.69. The molecule has 0 aliphatic rings. The molecule has 0 radical (unpaired) electrons. The van der Waals surface area contributed by atoms with Gasteiger partial charge < -0.3 is 16.2 Å². The molecule has 0 saturated heterocycles. The highest BCUT2D eigenvalue weighted by molar-refractivity contribution is 5.95. The number of ether oxygens (including phenoxy) is 1. The van der Waals surface area contributed by atoms with Crippen LogP contribution in [-0.2, 0) is 11.2 Å². The smallest absolute Gasteiger partial charge is 0.406 e. The van der Waals surface area contributed by atoms with E-state index in [1.807, 2.05) is 30.3 Å². The van der Waals surface area contributed by atoms with Gasteiger partial charge in [-0.25, -0.2) is 0 Å². The highest BCUT2D eigenvalue weighted by atomic mass is 19.4. The Morgan fingerprint density at radius 1 is 1.04 bits per heavy atom. The molecule has 0 saturated carbocycles. The van der Waals surface area contributed by atoms with Crippen molar-refractivity contribution in [2.24, 2.45) is 16.5 Å². The van der Waals surface area contributed by atoms with E-state index in [9.17, 15) is 18.0 Å². The van der Waals surface area contributed by atoms with Crippen molar-refractivity contribution in [2.45, 2.75) is 18.7 Å². The second-order valence-electron chi connectivity index (χ2n) is 5.23. The highest BCUT2D eigenvalue weighted by Gasteiger charge is 2.31. The maximum Gasteiger partial charge on any atom is 0.573 e. The Morgan fingerprint density at radius 2 is 1.64 bits per heavy atom. The van der Waals surface area contributed by atoms with Crippen molar-refractivity contribution in [2.75, 3.05) is 0 Å². The molecule has 8 heteroatoms. The summed E-state index contributed by atoms with van der Waals surface area (Å²) >= 11 is 0. The molecule has 1 amide bonds. The van der Waals surface area contributed by atoms with Crippen LogP contribution in [0.3, 0.4) is 0 Å². The fourth-order valence-corrected chi connectivity index (χ4v) is 2.30. The number of hydrogen-bond acceptors (Lipinski definition) is 2. The van der Waals surface area contributed by atoms with Crippen LogP contribution in [0.1, 0.15) is 17.0 Å². The Balaban J connectivity index is 2.28. The summed E-state index contributed by atoms with van der Waals surface area (Å²) in [5, 5.41) is 0. The summed E-state index contributed by atoms with van der Waals surface area (Å²) in [6, 6.07) is 14.2. The molecule has 132 valence electrons. The van der Waals surface area contributed by atoms with Crippen LogP contribution >= 0.6 is 0 Å². The van der Waals surface area contributed by atoms with E-state index in [0.717, 1.165) is 17.7 Å². The third kappa shape index (κ3) is 5.83. The molecule has 2 rings (SSSR count). The van der Waals surface area contributed by atoms with Crippen LogP contribution in [0.4, 0.5) is 13.2 Å². The SMILES string of the molecule is NC(N)=NC(=O)[C@H](Cc1ccccc1)c1ccc(OC(F)(F)F)cc1. The zero-order chi connectivity index (χ0) is 18.4. The van der Waals surface area contributed by atoms with Crippen LogP contribution in [-0.4, -0.2) is 18.2 Å². The molecule has 25 heavy (non-hydrogen) atoms. The van der Waals surface area contributed by atoms with E-state index in [1.165, 1.54) is 12.1 Å². The van der Waals surface area contributed by atoms with Gasteiger partial charge >= 0.3 is 6.36 Å². The molecule has 0 spiro atoms. The molecule has 5 nitrogen and oxygen atoms in total. The minimum atomic E-state index is -4.78. The molecule has 0 bridgehead atoms. The van der Waals surface area contributed by atoms with Crippen molar-refractivity contribution in [1.29, 1.82) is 0 Å². The lowest BCUT2D eigenvalue weighted by Gasteiger charge is -2.15. The summed E-state index contributed by atoms with van der Waals surface area (Å²) in [6.07, 6.45) is -4.48. The molecular formula is C17H16F3N3O2. The third-order valence-electron chi connectivity index (χ3n) is 3.34. The van der Waals surface area contributed by atoms with Crippen LogP contribution in [0, 0.1) is 0 Å². The first-order valence-corrected chi connectivity index (χ1v) is 7.28. The Kier molecular flexibility index (Phi) is 5.63. The summed E-state index contributed by atoms with van der Waals surface area (Å²) in [7, 11) is 0. The predicted octanol–water partition coefficient (Wildman–Crippen LogP) is 2.71. The van der Waals surface area contributed by atoms with Gasteiger partial charge in [0.15, 0.2) is 5.96 Å². The number of rotatable bonds is 5. The minimum Gasteiger partial charge on any atom is -0.406 e. The van der Waals surface area contributed by atoms with Crippen molar-refractivity contribution in [1.82, 2.24) is 0 Å². The van der Waals surface area contributed by atoms with Crippen molar-refractivity contribution < 1.29 is 22.7 Å². The quantitative estimate of drug-likeness (QED) is 0.640. The lowest BCUT2D eigenvalue weighted by Crippen LogP contribution is -2.26. The second-order valence-corrected chi connectivity index (χ2v) is 5.23. The standard InChI is InChI=1S/C17H16F3N3O2/c18-17(19,20)25-13-8-6-12(7-9-13)14(15(24)23-16(21)22)10-11-4-2-1-3-5-11/h1-9,14H,10H2,(H4,21,22,23,24)/t14-/m1/s1. The Bertz CT molecular complexity index is 740. The van der Waals surface area contributed by atoms with Gasteiger partial charge in [-0.2, -0.15) is 4.99 Å². The molecule has 0 aromatic heterocycles. The first-order chi connectivity index (χ1) is 11.7. The molecule has 0 heterocycles. The van der Waals surface area contributed by atoms with Crippen LogP contribution in [0.15, 0.2) is 59.6 Å². The average molecular weight is 351 g/mol. The third-order valence-corrected chi connectivity index (χ3v) is 3.34. The van der Waals surface area contributed by atoms with Gasteiger partial charge in [-0.1, -0.05) is 42.5 Å². The number of benzene rings is 2. The highest BCUT2D eigenvalue weighted by Crippen LogP contribution is 2.27. The zero-order valence-electron chi connectivity index (χ0n) is 13.0. The largest absolute Gasteiger partial charge is 0.573 e. The van der Waals surface area contributed by atoms with E-state index in [1.54, 1.807) is 0 Å². The fourth-order valence-electron chi connectivity index (χ4n) is 2.30. The molecule has 0 unspecified atom stereocenters. The van der Waals surface area contributed by atoms with Crippen molar-refractivity contribution >= 4 is 11.9 Å². The monoisotopic (exact) mass is 351 g/mol. The fraction of sp³-hybridized carbons (Fsp3) is 0.176. The van der Waals surface area contributed by atoms with Gasteiger partial charge in [0.2, 0.25) is 0 Å². The number of halogens is 3. The van der Waals surface area contributed by atoms with E-state index in [-0.39, 0.29) is 11.7 Å². The number of aliphatic imine (C=N–C) groups is 1. The molecule has 2 aromatic rings. The molecular weight excluding hydrogens is 335 g/mol. The number of carbonyl (C=O) groups excluding carboxylic acids is 1. The predicted molar refractivity (Wildman–Crippen MR) is 86.8 cm³/mol. The number of alkyl halides is 3. The van der Waals surface area contributed by atoms with E-state index in [2.05, 4.69) is 9.73 Å². The van der Waals surface area contributed by atoms with Gasteiger partial charge in [0.25, 0.3) is 5.91 Å². The summed E-state index contributed by atoms with van der Waals surface area (Å²) in [6.45, 7) is 0. The number of nitrogens with two attached hydrogens (primary N) is 2. The van der Waals surface area contributed by atoms with Crippen molar-refractivity contribution in [3.63, 3.8) is 0 Å². The number of hydrogen-bond donors (Lipinski definition) is 2. The Hall–Kier alpha value is -3.03. The van der Waals surface area contributed by atoms with Crippen LogP contribution in [0.2, 0.25) is 0 Å². The average Bonchev–Trinajstić information content (AvgIpc) is 2.52. The van der Waals surface area contributed by atoms with Gasteiger partial charge in [-0.15, -0.1) is 13.2 Å². The normalized spacial score (nSPS) is 12.3. The van der Waals surface area contributed by atoms with Crippen LogP contribution in [0.5, 0.6) is 5.75 Å². The van der Waals surface area contributed by atoms with Gasteiger partial charge in [0.1, 0.15) is 5.75 Å². The van der Waals surface area contributed by atoms with Gasteiger partial charge in [-0.3, -0.25) is 4.79 Å². The summed E-state index contributed by atoms with van der Waals surface area (Å²) in [4.78, 5) is 15.9. The molecule has 1 atom stereocenters. The molecule has 0 fully saturated rings. The summed E-state index contributed by atoms with van der Waals surface area (Å²) < 4.78 is 40.5. The maximum absolute atomic E-state index is 12.3. The number of carbonyl (C=O) groups is 1. The van der Waals surface area contributed by atoms with Gasteiger partial charge in [0.05, 0.1) is 5.92 Å². The molecule has 0 aliphatic heterocycles. The lowest BCUT2D eigenvalue weighted by atomic mass is 9.91. The molecule has 4 N–H and O–H groups in total. The Labute approximate surface area is 142 Å². The number of nitrogens with zero attached hydrogens (tertiary/aromatic N) is 1. The van der Waals surface area contributed by atoms with E-state index in [0.29, 0.717) is 12.0 Å². The molecule has 0 aliphatic carbocycles. The minimum absolute atomic E-state index is 0.302. The van der Waals surface area contributed by atoms with Gasteiger partial charge in [-0.05, 0) is 29.7 Å². The first-order valence-electron chi connectivity index (χ1n) is 7.28. The van der Waals surface area contributed by atoms with E-state index >= 15 is 0 Å². The number of amides is 1. The van der Waals surface area contributed by atoms with Gasteiger partial charge in [0, 0.05) is 0 Å². The summed E-state index contributed by atoms with van der Waals surface area (Å²) in [5.74, 6) is -2.05.